The molecular formula is C19H18F2N2O2. The topological polar surface area (TPSA) is 63.4 Å². The van der Waals surface area contributed by atoms with Crippen LogP contribution in [0.1, 0.15) is 35.2 Å². The number of nitrogens with zero attached hydrogens (tertiary/aromatic N) is 1. The molecular weight excluding hydrogens is 326 g/mol. The number of carbonyl (C=O) groups excluding carboxylic acids is 2. The molecule has 1 amide bonds. The van der Waals surface area contributed by atoms with Crippen LogP contribution in [0.2, 0.25) is 0 Å². The van der Waals surface area contributed by atoms with Crippen molar-refractivity contribution in [2.45, 2.75) is 25.7 Å². The molecule has 0 saturated heterocycles. The van der Waals surface area contributed by atoms with E-state index in [1.165, 1.54) is 0 Å². The number of ketones is 1. The highest BCUT2D eigenvalue weighted by Gasteiger charge is 2.24. The minimum atomic E-state index is -0.909. The van der Waals surface area contributed by atoms with Gasteiger partial charge in [0.25, 0.3) is 0 Å². The Bertz CT molecular complexity index is 836. The number of nitrogens with two attached hydrogens (primary N) is 1. The van der Waals surface area contributed by atoms with E-state index in [2.05, 4.69) is 0 Å². The Morgan fingerprint density at radius 1 is 1.12 bits per heavy atom. The lowest BCUT2D eigenvalue weighted by molar-refractivity contribution is -0.118. The van der Waals surface area contributed by atoms with Crippen LogP contribution >= 0.6 is 0 Å². The summed E-state index contributed by atoms with van der Waals surface area (Å²) < 4.78 is 26.6. The Hall–Kier alpha value is -2.76. The number of nitrogen functional groups attached to an aromatic ring is 1. The van der Waals surface area contributed by atoms with Gasteiger partial charge < -0.3 is 10.6 Å². The summed E-state index contributed by atoms with van der Waals surface area (Å²) in [5.41, 5.74) is 8.14. The first-order valence-corrected chi connectivity index (χ1v) is 8.13. The molecule has 2 N–H and O–H groups in total. The third-order valence-electron chi connectivity index (χ3n) is 4.39. The third-order valence-corrected chi connectivity index (χ3v) is 4.39. The van der Waals surface area contributed by atoms with E-state index in [1.54, 1.807) is 17.0 Å². The molecule has 0 saturated carbocycles. The van der Waals surface area contributed by atoms with Gasteiger partial charge >= 0.3 is 0 Å². The van der Waals surface area contributed by atoms with Gasteiger partial charge in [-0.25, -0.2) is 8.78 Å². The molecule has 0 bridgehead atoms. The lowest BCUT2D eigenvalue weighted by Crippen LogP contribution is -2.35. The molecule has 0 atom stereocenters. The summed E-state index contributed by atoms with van der Waals surface area (Å²) in [5.74, 6) is -2.38. The predicted molar refractivity (Wildman–Crippen MR) is 91.5 cm³/mol. The van der Waals surface area contributed by atoms with E-state index in [0.717, 1.165) is 36.2 Å². The zero-order valence-corrected chi connectivity index (χ0v) is 13.6. The fourth-order valence-corrected chi connectivity index (χ4v) is 3.12. The molecule has 0 fully saturated rings. The molecule has 0 spiro atoms. The lowest BCUT2D eigenvalue weighted by atomic mass is 9.99. The Morgan fingerprint density at radius 2 is 1.92 bits per heavy atom. The fraction of sp³-hybridized carbons (Fsp3) is 0.263. The Kier molecular flexibility index (Phi) is 4.79. The molecule has 1 heterocycles. The zero-order valence-electron chi connectivity index (χ0n) is 13.6. The highest BCUT2D eigenvalue weighted by atomic mass is 19.1. The van der Waals surface area contributed by atoms with Crippen LogP contribution in [-0.4, -0.2) is 18.2 Å². The summed E-state index contributed by atoms with van der Waals surface area (Å²) in [6, 6.07) is 8.23. The molecule has 0 aromatic heterocycles. The summed E-state index contributed by atoms with van der Waals surface area (Å²) in [6.45, 7) is 0.564. The molecule has 4 nitrogen and oxygen atoms in total. The maximum atomic E-state index is 13.7. The van der Waals surface area contributed by atoms with Gasteiger partial charge in [-0.15, -0.1) is 0 Å². The normalized spacial score (nSPS) is 13.4. The van der Waals surface area contributed by atoms with Crippen molar-refractivity contribution in [2.24, 2.45) is 0 Å². The van der Waals surface area contributed by atoms with Gasteiger partial charge in [0.15, 0.2) is 5.78 Å². The van der Waals surface area contributed by atoms with Crippen LogP contribution in [0.25, 0.3) is 0 Å². The maximum Gasteiger partial charge on any atom is 0.227 e. The molecule has 0 aliphatic carbocycles. The Balaban J connectivity index is 1.70. The second kappa shape index (κ2) is 7.01. The highest BCUT2D eigenvalue weighted by molar-refractivity contribution is 6.01. The number of halogens is 2. The van der Waals surface area contributed by atoms with Crippen LogP contribution in [0.15, 0.2) is 36.4 Å². The monoisotopic (exact) mass is 344 g/mol. The molecule has 0 radical (unpaired) electrons. The van der Waals surface area contributed by atoms with Crippen molar-refractivity contribution < 1.29 is 18.4 Å². The molecule has 0 unspecified atom stereocenters. The minimum absolute atomic E-state index is 0.0378. The summed E-state index contributed by atoms with van der Waals surface area (Å²) >= 11 is 0. The van der Waals surface area contributed by atoms with Crippen molar-refractivity contribution in [3.63, 3.8) is 0 Å². The molecule has 1 aliphatic heterocycles. The summed E-state index contributed by atoms with van der Waals surface area (Å²) in [5, 5.41) is 0. The molecule has 2 aromatic rings. The van der Waals surface area contributed by atoms with Gasteiger partial charge in [0.1, 0.15) is 11.6 Å². The number of amides is 1. The molecule has 25 heavy (non-hydrogen) atoms. The highest BCUT2D eigenvalue weighted by Crippen LogP contribution is 2.31. The van der Waals surface area contributed by atoms with Crippen LogP contribution in [-0.2, 0) is 11.2 Å². The van der Waals surface area contributed by atoms with E-state index in [4.69, 9.17) is 5.73 Å². The smallest absolute Gasteiger partial charge is 0.227 e. The quantitative estimate of drug-likeness (QED) is 0.682. The summed E-state index contributed by atoms with van der Waals surface area (Å²) in [4.78, 5) is 26.3. The minimum Gasteiger partial charge on any atom is -0.398 e. The van der Waals surface area contributed by atoms with E-state index >= 15 is 0 Å². The van der Waals surface area contributed by atoms with Crippen molar-refractivity contribution in [3.05, 3.63) is 59.2 Å². The summed E-state index contributed by atoms with van der Waals surface area (Å²) in [6.07, 6.45) is 1.44. The van der Waals surface area contributed by atoms with Crippen molar-refractivity contribution in [3.8, 4) is 0 Å². The maximum absolute atomic E-state index is 13.7. The molecule has 1 aliphatic rings. The molecule has 2 aromatic carbocycles. The Labute approximate surface area is 144 Å². The lowest BCUT2D eigenvalue weighted by Gasteiger charge is -2.30. The van der Waals surface area contributed by atoms with E-state index in [0.29, 0.717) is 18.3 Å². The van der Waals surface area contributed by atoms with Gasteiger partial charge in [0.05, 0.1) is 5.56 Å². The second-order valence-corrected chi connectivity index (χ2v) is 6.04. The molecule has 3 rings (SSSR count). The van der Waals surface area contributed by atoms with Gasteiger partial charge in [0, 0.05) is 36.8 Å². The first-order valence-electron chi connectivity index (χ1n) is 8.13. The van der Waals surface area contributed by atoms with Crippen molar-refractivity contribution in [2.75, 3.05) is 17.2 Å². The number of Topliss-reactive ketones (excluding diaryl/α,β-unsaturated/α-hetero) is 1. The number of benzene rings is 2. The summed E-state index contributed by atoms with van der Waals surface area (Å²) in [7, 11) is 0. The number of carbonyl (C=O) groups is 2. The van der Waals surface area contributed by atoms with Crippen LogP contribution in [0.4, 0.5) is 20.2 Å². The number of hydrogen-bond acceptors (Lipinski definition) is 3. The first-order chi connectivity index (χ1) is 12.0. The largest absolute Gasteiger partial charge is 0.398 e. The van der Waals surface area contributed by atoms with Gasteiger partial charge in [-0.1, -0.05) is 6.07 Å². The zero-order chi connectivity index (χ0) is 18.0. The van der Waals surface area contributed by atoms with E-state index in [1.807, 2.05) is 6.07 Å². The number of fused-ring (bicyclic) bond motifs is 1. The SMILES string of the molecule is Nc1cccc2c1CCCN2C(=O)CCC(=O)c1ccc(F)cc1F. The van der Waals surface area contributed by atoms with Crippen LogP contribution in [0.3, 0.4) is 0 Å². The van der Waals surface area contributed by atoms with Crippen molar-refractivity contribution in [1.82, 2.24) is 0 Å². The molecule has 130 valence electrons. The first kappa shape index (κ1) is 17.1. The fourth-order valence-electron chi connectivity index (χ4n) is 3.12. The van der Waals surface area contributed by atoms with E-state index < -0.39 is 17.4 Å². The van der Waals surface area contributed by atoms with Crippen molar-refractivity contribution in [1.29, 1.82) is 0 Å². The molecule has 6 heteroatoms. The van der Waals surface area contributed by atoms with Gasteiger partial charge in [-0.3, -0.25) is 9.59 Å². The van der Waals surface area contributed by atoms with E-state index in [9.17, 15) is 18.4 Å². The Morgan fingerprint density at radius 3 is 2.68 bits per heavy atom. The van der Waals surface area contributed by atoms with Crippen molar-refractivity contribution >= 4 is 23.1 Å². The van der Waals surface area contributed by atoms with E-state index in [-0.39, 0.29) is 24.3 Å². The van der Waals surface area contributed by atoms with Crippen LogP contribution in [0.5, 0.6) is 0 Å². The number of rotatable bonds is 4. The van der Waals surface area contributed by atoms with Gasteiger partial charge in [-0.2, -0.15) is 0 Å². The predicted octanol–water partition coefficient (Wildman–Crippen LogP) is 3.49. The average Bonchev–Trinajstić information content (AvgIpc) is 2.59. The van der Waals surface area contributed by atoms with Crippen LogP contribution in [0, 0.1) is 11.6 Å². The van der Waals surface area contributed by atoms with Crippen LogP contribution < -0.4 is 10.6 Å². The third kappa shape index (κ3) is 3.52. The number of anilines is 2. The average molecular weight is 344 g/mol. The van der Waals surface area contributed by atoms with Gasteiger partial charge in [0.2, 0.25) is 5.91 Å². The number of hydrogen-bond donors (Lipinski definition) is 1. The standard InChI is InChI=1S/C19H18F2N2O2/c20-12-6-7-13(15(21)11-12)18(24)8-9-19(25)23-10-2-3-14-16(22)4-1-5-17(14)23/h1,4-7,11H,2-3,8-10,22H2. The van der Waals surface area contributed by atoms with Gasteiger partial charge in [-0.05, 0) is 42.7 Å². The second-order valence-electron chi connectivity index (χ2n) is 6.04.